The Morgan fingerprint density at radius 1 is 1.09 bits per heavy atom. The average Bonchev–Trinajstić information content (AvgIpc) is 2.86. The molecule has 0 aliphatic heterocycles. The van der Waals surface area contributed by atoms with Crippen LogP contribution in [0.2, 0.25) is 0 Å². The van der Waals surface area contributed by atoms with E-state index in [-0.39, 0.29) is 48.5 Å². The fourth-order valence-corrected chi connectivity index (χ4v) is 7.46. The number of anilines is 1. The number of carbonyl (C=O) groups is 3. The molecule has 0 saturated heterocycles. The van der Waals surface area contributed by atoms with Gasteiger partial charge in [0.2, 0.25) is 5.91 Å². The van der Waals surface area contributed by atoms with E-state index in [1.165, 1.54) is 9.80 Å². The first-order valence-electron chi connectivity index (χ1n) is 14.5. The van der Waals surface area contributed by atoms with Gasteiger partial charge in [0, 0.05) is 57.3 Å². The van der Waals surface area contributed by atoms with Crippen molar-refractivity contribution in [2.75, 3.05) is 47.2 Å². The highest BCUT2D eigenvalue weighted by Crippen LogP contribution is 2.57. The quantitative estimate of drug-likeness (QED) is 0.216. The van der Waals surface area contributed by atoms with Crippen molar-refractivity contribution in [1.82, 2.24) is 9.80 Å². The summed E-state index contributed by atoms with van der Waals surface area (Å²) in [4.78, 5) is 44.0. The van der Waals surface area contributed by atoms with Crippen molar-refractivity contribution in [2.45, 2.75) is 62.3 Å². The molecule has 0 radical (unpaired) electrons. The first kappa shape index (κ1) is 33.2. The maximum atomic E-state index is 14.4. The van der Waals surface area contributed by atoms with Gasteiger partial charge >= 0.3 is 0 Å². The number of primary amides is 1. The summed E-state index contributed by atoms with van der Waals surface area (Å²) in [6.07, 6.45) is 0.270. The van der Waals surface area contributed by atoms with Crippen molar-refractivity contribution in [3.8, 4) is 5.75 Å². The number of phenols is 1. The van der Waals surface area contributed by atoms with Crippen molar-refractivity contribution >= 4 is 29.0 Å². The minimum absolute atomic E-state index is 0.00397. The number of aliphatic hydroxyl groups excluding tert-OH is 2. The maximum Gasteiger partial charge on any atom is 0.251 e. The van der Waals surface area contributed by atoms with Gasteiger partial charge in [-0.2, -0.15) is 0 Å². The van der Waals surface area contributed by atoms with Crippen LogP contribution in [0.15, 0.2) is 23.0 Å². The van der Waals surface area contributed by atoms with E-state index in [9.17, 15) is 39.9 Å². The van der Waals surface area contributed by atoms with Crippen molar-refractivity contribution < 1.29 is 39.9 Å². The highest BCUT2D eigenvalue weighted by molar-refractivity contribution is 6.12. The normalized spacial score (nSPS) is 29.5. The number of hydrogen-bond acceptors (Lipinski definition) is 11. The lowest BCUT2D eigenvalue weighted by atomic mass is 9.52. The number of nitrogens with zero attached hydrogens (tertiary/aromatic N) is 3. The van der Waals surface area contributed by atoms with Crippen LogP contribution in [0.25, 0.3) is 5.76 Å². The molecule has 1 aromatic carbocycles. The summed E-state index contributed by atoms with van der Waals surface area (Å²) >= 11 is 0. The molecule has 242 valence electrons. The molecule has 2 amide bonds. The van der Waals surface area contributed by atoms with E-state index in [1.807, 2.05) is 4.90 Å². The summed E-state index contributed by atoms with van der Waals surface area (Å²) in [6, 6.07) is 0.702. The lowest BCUT2D eigenvalue weighted by Gasteiger charge is -2.56. The van der Waals surface area contributed by atoms with Gasteiger partial charge in [0.05, 0.1) is 17.2 Å². The minimum atomic E-state index is -2.66. The number of aliphatic hydroxyl groups is 4. The molecule has 2 unspecified atom stereocenters. The number of amides is 2. The number of phenolic OH excluding ortho intramolecular Hbond substituents is 1. The molecule has 9 N–H and O–H groups in total. The number of nitrogens with two attached hydrogens (primary N) is 2. The molecule has 13 nitrogen and oxygen atoms in total. The number of fused-ring (bicyclic) bond motifs is 3. The second-order valence-corrected chi connectivity index (χ2v) is 13.7. The molecule has 1 saturated carbocycles. The number of hydrogen-bond donors (Lipinski definition) is 7. The molecule has 3 aliphatic rings. The third-order valence-corrected chi connectivity index (χ3v) is 9.56. The molecule has 0 heterocycles. The van der Waals surface area contributed by atoms with Crippen LogP contribution in [-0.4, -0.2) is 118 Å². The lowest BCUT2D eigenvalue weighted by Crippen LogP contribution is -2.73. The summed E-state index contributed by atoms with van der Waals surface area (Å²) in [5, 5.41) is 58.2. The van der Waals surface area contributed by atoms with Crippen molar-refractivity contribution in [2.24, 2.45) is 23.3 Å². The van der Waals surface area contributed by atoms with Crippen molar-refractivity contribution in [3.63, 3.8) is 0 Å². The Hall–Kier alpha value is -3.65. The number of aromatic hydroxyl groups is 1. The Morgan fingerprint density at radius 2 is 1.68 bits per heavy atom. The van der Waals surface area contributed by atoms with E-state index in [2.05, 4.69) is 0 Å². The van der Waals surface area contributed by atoms with E-state index in [0.29, 0.717) is 16.8 Å². The molecule has 44 heavy (non-hydrogen) atoms. The fraction of sp³-hybridized carbons (Fsp3) is 0.581. The zero-order valence-electron chi connectivity index (χ0n) is 26.6. The topological polar surface area (TPSA) is 214 Å². The summed E-state index contributed by atoms with van der Waals surface area (Å²) < 4.78 is 0. The summed E-state index contributed by atoms with van der Waals surface area (Å²) in [5.41, 5.74) is 6.37. The Morgan fingerprint density at radius 3 is 2.18 bits per heavy atom. The van der Waals surface area contributed by atoms with E-state index in [1.54, 1.807) is 55.3 Å². The number of carbonyl (C=O) groups excluding carboxylic acids is 3. The molecule has 0 bridgehead atoms. The Kier molecular flexibility index (Phi) is 8.13. The predicted molar refractivity (Wildman–Crippen MR) is 164 cm³/mol. The number of rotatable bonds is 7. The van der Waals surface area contributed by atoms with E-state index in [0.717, 1.165) is 6.92 Å². The van der Waals surface area contributed by atoms with Gasteiger partial charge in [-0.05, 0) is 70.3 Å². The molecular weight excluding hydrogens is 570 g/mol. The monoisotopic (exact) mass is 615 g/mol. The van der Waals surface area contributed by atoms with Crippen LogP contribution in [0, 0.1) is 11.8 Å². The zero-order valence-corrected chi connectivity index (χ0v) is 26.6. The SMILES string of the molecule is CN(C)C(=O)CC(C)(N)Cc1cc(N(C)C)c2c(c1O)C(O)=C1C(=O)[C@@]3(O)[C@@H](C[C@@H]1C2)[C@H](N(C)C)C(O)=C(C(N)=O)C3(C)O. The second-order valence-electron chi connectivity index (χ2n) is 13.7. The molecule has 13 heteroatoms. The third-order valence-electron chi connectivity index (χ3n) is 9.56. The summed E-state index contributed by atoms with van der Waals surface area (Å²) in [5.74, 6) is -5.59. The van der Waals surface area contributed by atoms with Crippen LogP contribution < -0.4 is 16.4 Å². The number of benzene rings is 1. The average molecular weight is 616 g/mol. The predicted octanol–water partition coefficient (Wildman–Crippen LogP) is -0.0499. The first-order chi connectivity index (χ1) is 20.1. The Labute approximate surface area is 257 Å². The van der Waals surface area contributed by atoms with Crippen LogP contribution in [0.5, 0.6) is 5.75 Å². The smallest absolute Gasteiger partial charge is 0.251 e. The van der Waals surface area contributed by atoms with Gasteiger partial charge in [0.1, 0.15) is 22.9 Å². The van der Waals surface area contributed by atoms with Crippen LogP contribution in [0.3, 0.4) is 0 Å². The maximum absolute atomic E-state index is 14.4. The number of Topliss-reactive ketones (excluding diaryl/α,β-unsaturated/α-hetero) is 1. The first-order valence-corrected chi connectivity index (χ1v) is 14.5. The second kappa shape index (κ2) is 10.8. The molecule has 3 aliphatic carbocycles. The molecule has 1 fully saturated rings. The van der Waals surface area contributed by atoms with Crippen LogP contribution in [0.1, 0.15) is 43.4 Å². The molecule has 0 spiro atoms. The lowest BCUT2D eigenvalue weighted by molar-refractivity contribution is -0.194. The molecule has 4 rings (SSSR count). The standard InChI is InChI=1S/C31H45N5O8/c1-29(33,13-19(37)35(5)6)12-15-11-18(34(3)4)16-9-14-10-17-23(36(7)8)26(40)22(28(32)42)30(2,43)31(17,44)27(41)20(14)25(39)21(16)24(15)38/h11,14,17,23,38-40,43-44H,9-10,12-13,33H2,1-8H3,(H2,32,42)/t14-,17-,23-,29?,30?,31-/m0/s1. The summed E-state index contributed by atoms with van der Waals surface area (Å²) in [7, 11) is 10.0. The van der Waals surface area contributed by atoms with Gasteiger partial charge in [0.15, 0.2) is 11.4 Å². The Bertz CT molecular complexity index is 1490. The van der Waals surface area contributed by atoms with Crippen LogP contribution in [0.4, 0.5) is 5.69 Å². The van der Waals surface area contributed by atoms with Gasteiger partial charge in [-0.25, -0.2) is 0 Å². The van der Waals surface area contributed by atoms with Crippen molar-refractivity contribution in [3.05, 3.63) is 39.7 Å². The zero-order chi connectivity index (χ0) is 33.4. The van der Waals surface area contributed by atoms with E-state index < -0.39 is 63.4 Å². The van der Waals surface area contributed by atoms with E-state index in [4.69, 9.17) is 11.5 Å². The minimum Gasteiger partial charge on any atom is -0.510 e. The Balaban J connectivity index is 1.93. The largest absolute Gasteiger partial charge is 0.510 e. The van der Waals surface area contributed by atoms with Gasteiger partial charge in [-0.3, -0.25) is 19.3 Å². The highest BCUT2D eigenvalue weighted by atomic mass is 16.4. The number of likely N-dealkylation sites (N-methyl/N-ethyl adjacent to an activating group) is 1. The highest BCUT2D eigenvalue weighted by Gasteiger charge is 2.69. The van der Waals surface area contributed by atoms with Crippen LogP contribution >= 0.6 is 0 Å². The van der Waals surface area contributed by atoms with Gasteiger partial charge < -0.3 is 46.8 Å². The molecule has 1 aromatic rings. The molecule has 0 aromatic heterocycles. The summed E-state index contributed by atoms with van der Waals surface area (Å²) in [6.45, 7) is 2.73. The van der Waals surface area contributed by atoms with Crippen LogP contribution in [-0.2, 0) is 27.2 Å². The number of ketones is 1. The van der Waals surface area contributed by atoms with Gasteiger partial charge in [-0.15, -0.1) is 0 Å². The van der Waals surface area contributed by atoms with Gasteiger partial charge in [-0.1, -0.05) is 0 Å². The molecule has 6 atom stereocenters. The van der Waals surface area contributed by atoms with Gasteiger partial charge in [0.25, 0.3) is 5.91 Å². The fourth-order valence-electron chi connectivity index (χ4n) is 7.46. The van der Waals surface area contributed by atoms with Crippen molar-refractivity contribution in [1.29, 1.82) is 0 Å². The molecular formula is C31H45N5O8. The third kappa shape index (κ3) is 4.82. The van der Waals surface area contributed by atoms with E-state index >= 15 is 0 Å².